The zero-order valence-corrected chi connectivity index (χ0v) is 14.2. The van der Waals surface area contributed by atoms with Crippen LogP contribution in [0.5, 0.6) is 0 Å². The number of likely N-dealkylation sites (N-methyl/N-ethyl adjacent to an activating group) is 1. The Bertz CT molecular complexity index is 422. The SMILES string of the molecule is CCNC1C(C(C)=O)NCN1C1OC(CO[PH](O)(O)O)CC1O. The molecule has 0 aromatic carbocycles. The van der Waals surface area contributed by atoms with Crippen LogP contribution in [0.15, 0.2) is 0 Å². The van der Waals surface area contributed by atoms with Gasteiger partial charge in [-0.3, -0.25) is 0 Å². The van der Waals surface area contributed by atoms with Crippen LogP contribution in [0.4, 0.5) is 0 Å². The molecule has 5 atom stereocenters. The molecule has 2 rings (SSSR count). The van der Waals surface area contributed by atoms with Gasteiger partial charge in [0.15, 0.2) is 0 Å². The molecule has 2 aliphatic rings. The predicted molar refractivity (Wildman–Crippen MR) is 82.0 cm³/mol. The zero-order chi connectivity index (χ0) is 17.2. The fraction of sp³-hybridized carbons (Fsp3) is 0.917. The molecule has 23 heavy (non-hydrogen) atoms. The Morgan fingerprint density at radius 1 is 1.48 bits per heavy atom. The number of Topliss-reactive ketones (excluding diaryl/α,β-unsaturated/α-hetero) is 1. The summed E-state index contributed by atoms with van der Waals surface area (Å²) in [5.74, 6) is -0.0116. The van der Waals surface area contributed by atoms with Crippen molar-refractivity contribution in [2.24, 2.45) is 0 Å². The summed E-state index contributed by atoms with van der Waals surface area (Å²) in [7, 11) is -4.60. The number of nitrogens with one attached hydrogen (secondary N) is 2. The molecule has 0 bridgehead atoms. The van der Waals surface area contributed by atoms with Crippen molar-refractivity contribution in [2.45, 2.75) is 50.9 Å². The summed E-state index contributed by atoms with van der Waals surface area (Å²) < 4.78 is 10.3. The van der Waals surface area contributed by atoms with Gasteiger partial charge in [-0.2, -0.15) is 0 Å². The molecular formula is C12H26N3O7P. The van der Waals surface area contributed by atoms with Crippen LogP contribution in [0, 0.1) is 0 Å². The van der Waals surface area contributed by atoms with Gasteiger partial charge in [-0.05, 0) is 0 Å². The van der Waals surface area contributed by atoms with E-state index in [9.17, 15) is 9.90 Å². The van der Waals surface area contributed by atoms with E-state index in [0.717, 1.165) is 0 Å². The Morgan fingerprint density at radius 3 is 2.74 bits per heavy atom. The number of aliphatic hydroxyl groups excluding tert-OH is 1. The van der Waals surface area contributed by atoms with Crippen molar-refractivity contribution in [2.75, 3.05) is 19.8 Å². The van der Waals surface area contributed by atoms with Crippen molar-refractivity contribution < 1.29 is 33.8 Å². The van der Waals surface area contributed by atoms with Gasteiger partial charge in [-0.25, -0.2) is 0 Å². The Hall–Kier alpha value is -0.260. The van der Waals surface area contributed by atoms with Gasteiger partial charge >= 0.3 is 134 Å². The first-order chi connectivity index (χ1) is 10.7. The van der Waals surface area contributed by atoms with Crippen LogP contribution in [-0.4, -0.2) is 80.9 Å². The van der Waals surface area contributed by atoms with E-state index in [0.29, 0.717) is 13.2 Å². The number of hydrogen-bond donors (Lipinski definition) is 6. The number of rotatable bonds is 7. The molecule has 5 unspecified atom stereocenters. The first kappa shape index (κ1) is 19.1. The van der Waals surface area contributed by atoms with Gasteiger partial charge in [-0.1, -0.05) is 0 Å². The minimum absolute atomic E-state index is 0.0116. The molecule has 2 fully saturated rings. The summed E-state index contributed by atoms with van der Waals surface area (Å²) in [5.41, 5.74) is 0. The van der Waals surface area contributed by atoms with Crippen molar-refractivity contribution in [1.29, 1.82) is 0 Å². The van der Waals surface area contributed by atoms with E-state index < -0.39 is 32.6 Å². The Labute approximate surface area is 135 Å². The first-order valence-corrected chi connectivity index (χ1v) is 9.35. The van der Waals surface area contributed by atoms with Gasteiger partial charge in [0.2, 0.25) is 0 Å². The Kier molecular flexibility index (Phi) is 6.42. The van der Waals surface area contributed by atoms with Crippen molar-refractivity contribution in [3.63, 3.8) is 0 Å². The van der Waals surface area contributed by atoms with Crippen LogP contribution in [0.2, 0.25) is 0 Å². The number of ether oxygens (including phenoxy) is 1. The average Bonchev–Trinajstić information content (AvgIpc) is 3.00. The molecule has 2 saturated heterocycles. The van der Waals surface area contributed by atoms with E-state index >= 15 is 0 Å². The van der Waals surface area contributed by atoms with Crippen LogP contribution >= 0.6 is 8.17 Å². The molecular weight excluding hydrogens is 329 g/mol. The molecule has 11 heteroatoms. The average molecular weight is 355 g/mol. The normalized spacial score (nSPS) is 36.5. The molecule has 136 valence electrons. The molecule has 0 aliphatic carbocycles. The maximum atomic E-state index is 11.7. The fourth-order valence-electron chi connectivity index (χ4n) is 3.00. The van der Waals surface area contributed by atoms with E-state index in [1.807, 2.05) is 11.8 Å². The zero-order valence-electron chi connectivity index (χ0n) is 13.2. The number of ketones is 1. The monoisotopic (exact) mass is 355 g/mol. The molecule has 2 heterocycles. The number of nitrogens with zero attached hydrogens (tertiary/aromatic N) is 1. The Morgan fingerprint density at radius 2 is 2.17 bits per heavy atom. The maximum absolute atomic E-state index is 11.7. The first-order valence-electron chi connectivity index (χ1n) is 7.60. The van der Waals surface area contributed by atoms with Gasteiger partial charge in [0, 0.05) is 0 Å². The number of carbonyl (C=O) groups excluding carboxylic acids is 1. The van der Waals surface area contributed by atoms with Crippen LogP contribution in [-0.2, 0) is 14.1 Å². The summed E-state index contributed by atoms with van der Waals surface area (Å²) >= 11 is 0. The van der Waals surface area contributed by atoms with Crippen molar-refractivity contribution in [3.8, 4) is 0 Å². The molecule has 0 saturated carbocycles. The van der Waals surface area contributed by atoms with E-state index in [1.54, 1.807) is 0 Å². The van der Waals surface area contributed by atoms with Crippen LogP contribution in [0.1, 0.15) is 20.3 Å². The second kappa shape index (κ2) is 7.75. The van der Waals surface area contributed by atoms with E-state index in [-0.39, 0.29) is 25.0 Å². The quantitative estimate of drug-likeness (QED) is 0.274. The standard InChI is InChI=1S/C12H26N3O7P/c1-3-13-11-10(7(2)16)14-6-15(11)12-9(17)4-8(22-12)5-21-23(18,19)20/h8-14,17-20,23H,3-6H2,1-2H3. The molecule has 10 nitrogen and oxygen atoms in total. The summed E-state index contributed by atoms with van der Waals surface area (Å²) in [4.78, 5) is 40.2. The topological polar surface area (TPSA) is 144 Å². The summed E-state index contributed by atoms with van der Waals surface area (Å²) in [6.07, 6.45) is -2.12. The van der Waals surface area contributed by atoms with Gasteiger partial charge < -0.3 is 0 Å². The van der Waals surface area contributed by atoms with Crippen molar-refractivity contribution >= 4 is 14.0 Å². The van der Waals surface area contributed by atoms with E-state index in [4.69, 9.17) is 19.4 Å². The molecule has 6 N–H and O–H groups in total. The number of aliphatic hydroxyl groups is 1. The van der Waals surface area contributed by atoms with E-state index in [1.165, 1.54) is 6.92 Å². The summed E-state index contributed by atoms with van der Waals surface area (Å²) in [5, 5.41) is 16.5. The summed E-state index contributed by atoms with van der Waals surface area (Å²) in [6.45, 7) is 4.21. The van der Waals surface area contributed by atoms with Crippen molar-refractivity contribution in [1.82, 2.24) is 15.5 Å². The minimum atomic E-state index is -4.60. The molecule has 0 aromatic rings. The third-order valence-electron chi connectivity index (χ3n) is 3.97. The van der Waals surface area contributed by atoms with Gasteiger partial charge in [-0.15, -0.1) is 0 Å². The fourth-order valence-corrected chi connectivity index (χ4v) is 3.41. The second-order valence-corrected chi connectivity index (χ2v) is 7.24. The van der Waals surface area contributed by atoms with Crippen LogP contribution in [0.3, 0.4) is 0 Å². The molecule has 0 spiro atoms. The summed E-state index contributed by atoms with van der Waals surface area (Å²) in [6, 6.07) is -0.395. The van der Waals surface area contributed by atoms with E-state index in [2.05, 4.69) is 15.2 Å². The molecule has 2 aliphatic heterocycles. The second-order valence-electron chi connectivity index (χ2n) is 5.80. The molecule has 0 amide bonds. The van der Waals surface area contributed by atoms with Gasteiger partial charge in [0.25, 0.3) is 0 Å². The van der Waals surface area contributed by atoms with Gasteiger partial charge in [0.1, 0.15) is 0 Å². The molecule has 0 aromatic heterocycles. The van der Waals surface area contributed by atoms with Crippen molar-refractivity contribution in [3.05, 3.63) is 0 Å². The third kappa shape index (κ3) is 4.86. The third-order valence-corrected chi connectivity index (χ3v) is 4.53. The number of carbonyl (C=O) groups is 1. The molecule has 0 radical (unpaired) electrons. The van der Waals surface area contributed by atoms with Crippen LogP contribution < -0.4 is 10.6 Å². The predicted octanol–water partition coefficient (Wildman–Crippen LogP) is -2.38. The van der Waals surface area contributed by atoms with Gasteiger partial charge in [0.05, 0.1) is 0 Å². The van der Waals surface area contributed by atoms with Crippen LogP contribution in [0.25, 0.3) is 0 Å². The Balaban J connectivity index is 1.99. The number of hydrogen-bond acceptors (Lipinski definition) is 10.